The topological polar surface area (TPSA) is 56.8 Å². The first-order valence-electron chi connectivity index (χ1n) is 7.88. The lowest BCUT2D eigenvalue weighted by atomic mass is 9.89. The highest BCUT2D eigenvalue weighted by molar-refractivity contribution is 6.07. The molecule has 0 saturated carbocycles. The standard InChI is InChI=1S/C16H32ClNO4/c1-6-15(2,3)12-21-13-16(4,5)11-14(19)18-7-8-20-9-10-22-17/h6-13H2,1-5H3,(H,18,19). The molecule has 6 heteroatoms. The molecule has 132 valence electrons. The third-order valence-corrected chi connectivity index (χ3v) is 3.61. The SMILES string of the molecule is CCC(C)(C)COCC(C)(C)CC(=O)NCCOCCOCl. The normalized spacial score (nSPS) is 12.5. The number of carbonyl (C=O) groups excluding carboxylic acids is 1. The number of hydrogen-bond donors (Lipinski definition) is 1. The molecule has 0 radical (unpaired) electrons. The van der Waals surface area contributed by atoms with Gasteiger partial charge in [0.15, 0.2) is 0 Å². The largest absolute Gasteiger partial charge is 0.380 e. The second kappa shape index (κ2) is 11.2. The minimum Gasteiger partial charge on any atom is -0.380 e. The number of rotatable bonds is 13. The van der Waals surface area contributed by atoms with Crippen molar-refractivity contribution >= 4 is 17.8 Å². The van der Waals surface area contributed by atoms with Gasteiger partial charge in [0.1, 0.15) is 0 Å². The fourth-order valence-corrected chi connectivity index (χ4v) is 1.77. The van der Waals surface area contributed by atoms with Gasteiger partial charge in [-0.1, -0.05) is 34.6 Å². The van der Waals surface area contributed by atoms with Crippen LogP contribution in [-0.4, -0.2) is 45.5 Å². The first-order chi connectivity index (χ1) is 10.2. The van der Waals surface area contributed by atoms with Gasteiger partial charge in [0.2, 0.25) is 5.91 Å². The van der Waals surface area contributed by atoms with Crippen molar-refractivity contribution in [2.24, 2.45) is 10.8 Å². The van der Waals surface area contributed by atoms with E-state index in [0.29, 0.717) is 46.0 Å². The van der Waals surface area contributed by atoms with Crippen LogP contribution in [0, 0.1) is 10.8 Å². The molecule has 0 fully saturated rings. The minimum atomic E-state index is -0.179. The molecule has 0 heterocycles. The predicted octanol–water partition coefficient (Wildman–Crippen LogP) is 3.16. The summed E-state index contributed by atoms with van der Waals surface area (Å²) in [6, 6.07) is 0. The highest BCUT2D eigenvalue weighted by Crippen LogP contribution is 2.24. The van der Waals surface area contributed by atoms with E-state index in [-0.39, 0.29) is 16.7 Å². The van der Waals surface area contributed by atoms with E-state index in [1.165, 1.54) is 0 Å². The zero-order chi connectivity index (χ0) is 17.1. The first-order valence-corrected chi connectivity index (χ1v) is 8.19. The molecule has 0 aliphatic heterocycles. The van der Waals surface area contributed by atoms with E-state index < -0.39 is 0 Å². The van der Waals surface area contributed by atoms with Crippen LogP contribution in [0.3, 0.4) is 0 Å². The number of halogens is 1. The third-order valence-electron chi connectivity index (χ3n) is 3.46. The zero-order valence-electron chi connectivity index (χ0n) is 14.7. The average molecular weight is 338 g/mol. The fourth-order valence-electron chi connectivity index (χ4n) is 1.71. The molecule has 0 unspecified atom stereocenters. The Hall–Kier alpha value is -0.360. The lowest BCUT2D eigenvalue weighted by Crippen LogP contribution is -2.34. The molecular formula is C16H32ClNO4. The molecule has 0 saturated heterocycles. The highest BCUT2D eigenvalue weighted by Gasteiger charge is 2.24. The van der Waals surface area contributed by atoms with Crippen LogP contribution in [-0.2, 0) is 18.6 Å². The molecule has 0 aromatic rings. The summed E-state index contributed by atoms with van der Waals surface area (Å²) in [5, 5.41) is 2.84. The van der Waals surface area contributed by atoms with E-state index in [9.17, 15) is 4.79 Å². The second-order valence-corrected chi connectivity index (χ2v) is 7.35. The molecule has 0 aromatic carbocycles. The molecule has 0 bridgehead atoms. The lowest BCUT2D eigenvalue weighted by molar-refractivity contribution is -0.124. The van der Waals surface area contributed by atoms with Gasteiger partial charge in [0.05, 0.1) is 44.9 Å². The number of amides is 1. The molecule has 0 aromatic heterocycles. The summed E-state index contributed by atoms with van der Waals surface area (Å²) in [5.74, 6) is 0.0144. The van der Waals surface area contributed by atoms with Gasteiger partial charge in [0, 0.05) is 13.0 Å². The van der Waals surface area contributed by atoms with E-state index in [0.717, 1.165) is 6.42 Å². The van der Waals surface area contributed by atoms with Crippen LogP contribution in [0.15, 0.2) is 0 Å². The molecule has 1 amide bonds. The van der Waals surface area contributed by atoms with Crippen molar-refractivity contribution in [3.8, 4) is 0 Å². The van der Waals surface area contributed by atoms with Crippen molar-refractivity contribution in [3.05, 3.63) is 0 Å². The number of carbonyl (C=O) groups is 1. The summed E-state index contributed by atoms with van der Waals surface area (Å²) in [5.41, 5.74) is 0.00362. The summed E-state index contributed by atoms with van der Waals surface area (Å²) in [6.07, 6.45) is 1.51. The van der Waals surface area contributed by atoms with Gasteiger partial charge in [-0.25, -0.2) is 0 Å². The van der Waals surface area contributed by atoms with Crippen LogP contribution in [0.25, 0.3) is 0 Å². The van der Waals surface area contributed by atoms with E-state index in [1.807, 2.05) is 13.8 Å². The molecule has 1 N–H and O–H groups in total. The van der Waals surface area contributed by atoms with Gasteiger partial charge in [-0.3, -0.25) is 9.08 Å². The van der Waals surface area contributed by atoms with Crippen molar-refractivity contribution in [1.82, 2.24) is 5.32 Å². The van der Waals surface area contributed by atoms with Gasteiger partial charge < -0.3 is 14.8 Å². The quantitative estimate of drug-likeness (QED) is 0.524. The average Bonchev–Trinajstić information content (AvgIpc) is 2.41. The van der Waals surface area contributed by atoms with Crippen LogP contribution >= 0.6 is 11.9 Å². The van der Waals surface area contributed by atoms with Gasteiger partial charge in [-0.15, -0.1) is 0 Å². The first kappa shape index (κ1) is 21.6. The van der Waals surface area contributed by atoms with Crippen LogP contribution < -0.4 is 5.32 Å². The van der Waals surface area contributed by atoms with E-state index in [4.69, 9.17) is 21.3 Å². The monoisotopic (exact) mass is 337 g/mol. The lowest BCUT2D eigenvalue weighted by Gasteiger charge is -2.28. The van der Waals surface area contributed by atoms with Crippen molar-refractivity contribution in [2.75, 3.05) is 39.6 Å². The predicted molar refractivity (Wildman–Crippen MR) is 88.9 cm³/mol. The number of nitrogens with one attached hydrogen (secondary N) is 1. The maximum absolute atomic E-state index is 11.9. The molecule has 5 nitrogen and oxygen atoms in total. The fraction of sp³-hybridized carbons (Fsp3) is 0.938. The molecule has 0 aliphatic carbocycles. The highest BCUT2D eigenvalue weighted by atomic mass is 35.5. The Morgan fingerprint density at radius 1 is 1.00 bits per heavy atom. The number of hydrogen-bond acceptors (Lipinski definition) is 4. The van der Waals surface area contributed by atoms with Crippen LogP contribution in [0.2, 0.25) is 0 Å². The Labute approximate surface area is 140 Å². The molecule has 22 heavy (non-hydrogen) atoms. The van der Waals surface area contributed by atoms with Gasteiger partial charge in [-0.2, -0.15) is 0 Å². The third kappa shape index (κ3) is 12.2. The zero-order valence-corrected chi connectivity index (χ0v) is 15.4. The van der Waals surface area contributed by atoms with Crippen molar-refractivity contribution in [2.45, 2.75) is 47.5 Å². The van der Waals surface area contributed by atoms with E-state index in [1.54, 1.807) is 0 Å². The van der Waals surface area contributed by atoms with Crippen LogP contribution in [0.4, 0.5) is 0 Å². The summed E-state index contributed by atoms with van der Waals surface area (Å²) >= 11 is 5.05. The van der Waals surface area contributed by atoms with E-state index >= 15 is 0 Å². The number of ether oxygens (including phenoxy) is 2. The van der Waals surface area contributed by atoms with Crippen molar-refractivity contribution in [3.63, 3.8) is 0 Å². The summed E-state index contributed by atoms with van der Waals surface area (Å²) in [4.78, 5) is 11.9. The second-order valence-electron chi connectivity index (χ2n) is 7.13. The Bertz CT molecular complexity index is 309. The summed E-state index contributed by atoms with van der Waals surface area (Å²) < 4.78 is 15.4. The van der Waals surface area contributed by atoms with Gasteiger partial charge >= 0.3 is 0 Å². The van der Waals surface area contributed by atoms with Gasteiger partial charge in [-0.05, 0) is 17.3 Å². The van der Waals surface area contributed by atoms with E-state index in [2.05, 4.69) is 30.4 Å². The molecule has 0 aliphatic rings. The molecule has 0 spiro atoms. The summed E-state index contributed by atoms with van der Waals surface area (Å²) in [6.45, 7) is 13.6. The maximum atomic E-state index is 11.9. The van der Waals surface area contributed by atoms with Crippen LogP contribution in [0.5, 0.6) is 0 Å². The molecule has 0 atom stereocenters. The maximum Gasteiger partial charge on any atom is 0.220 e. The Balaban J connectivity index is 3.82. The Kier molecular flexibility index (Phi) is 11.0. The summed E-state index contributed by atoms with van der Waals surface area (Å²) in [7, 11) is 0. The smallest absolute Gasteiger partial charge is 0.220 e. The van der Waals surface area contributed by atoms with Crippen molar-refractivity contribution in [1.29, 1.82) is 0 Å². The minimum absolute atomic E-state index is 0.0144. The molecule has 0 rings (SSSR count). The molecular weight excluding hydrogens is 306 g/mol. The van der Waals surface area contributed by atoms with Gasteiger partial charge in [0.25, 0.3) is 0 Å². The van der Waals surface area contributed by atoms with Crippen molar-refractivity contribution < 1.29 is 18.6 Å². The Morgan fingerprint density at radius 2 is 1.64 bits per heavy atom. The Morgan fingerprint density at radius 3 is 2.23 bits per heavy atom. The van der Waals surface area contributed by atoms with Crippen LogP contribution in [0.1, 0.15) is 47.5 Å².